The molecule has 1 aromatic rings. The highest BCUT2D eigenvalue weighted by atomic mass is 35.5. The van der Waals surface area contributed by atoms with Crippen molar-refractivity contribution in [2.24, 2.45) is 5.10 Å². The van der Waals surface area contributed by atoms with Crippen LogP contribution in [0.3, 0.4) is 0 Å². The predicted octanol–water partition coefficient (Wildman–Crippen LogP) is 1.77. The number of nitrogens with one attached hydrogen (secondary N) is 2. The van der Waals surface area contributed by atoms with Crippen LogP contribution in [0.4, 0.5) is 0 Å². The minimum Gasteiger partial charge on any atom is -0.364 e. The molecule has 0 aromatic heterocycles. The molecule has 0 saturated carbocycles. The van der Waals surface area contributed by atoms with E-state index in [1.807, 2.05) is 24.3 Å². The number of hydrogen-bond acceptors (Lipinski definition) is 2. The third-order valence-electron chi connectivity index (χ3n) is 1.46. The van der Waals surface area contributed by atoms with Gasteiger partial charge in [-0.25, -0.2) is 0 Å². The monoisotopic (exact) mass is 227 g/mol. The van der Waals surface area contributed by atoms with E-state index in [0.717, 1.165) is 5.56 Å². The van der Waals surface area contributed by atoms with E-state index in [1.165, 1.54) is 0 Å². The summed E-state index contributed by atoms with van der Waals surface area (Å²) in [5, 5.41) is 7.82. The lowest BCUT2D eigenvalue weighted by molar-refractivity contribution is 0.982. The van der Waals surface area contributed by atoms with Crippen molar-refractivity contribution in [3.8, 4) is 0 Å². The molecule has 0 atom stereocenters. The van der Waals surface area contributed by atoms with Gasteiger partial charge in [-0.3, -0.25) is 5.43 Å². The highest BCUT2D eigenvalue weighted by Gasteiger charge is 1.89. The summed E-state index contributed by atoms with van der Waals surface area (Å²) in [5.41, 5.74) is 3.57. The summed E-state index contributed by atoms with van der Waals surface area (Å²) in [6.07, 6.45) is 1.65. The van der Waals surface area contributed by atoms with E-state index in [1.54, 1.807) is 13.3 Å². The Morgan fingerprint density at radius 1 is 1.57 bits per heavy atom. The zero-order valence-electron chi connectivity index (χ0n) is 7.62. The molecule has 0 unspecified atom stereocenters. The molecular weight excluding hydrogens is 218 g/mol. The van der Waals surface area contributed by atoms with Crippen LogP contribution in [-0.2, 0) is 0 Å². The molecule has 3 nitrogen and oxygen atoms in total. The van der Waals surface area contributed by atoms with Gasteiger partial charge in [-0.2, -0.15) is 5.10 Å². The van der Waals surface area contributed by atoms with Gasteiger partial charge in [0.25, 0.3) is 0 Å². The zero-order chi connectivity index (χ0) is 10.4. The van der Waals surface area contributed by atoms with Crippen molar-refractivity contribution in [3.05, 3.63) is 34.9 Å². The average molecular weight is 228 g/mol. The first-order valence-corrected chi connectivity index (χ1v) is 4.77. The van der Waals surface area contributed by atoms with Gasteiger partial charge in [0.15, 0.2) is 5.11 Å². The summed E-state index contributed by atoms with van der Waals surface area (Å²) in [6, 6.07) is 7.39. The second-order valence-electron chi connectivity index (χ2n) is 2.50. The van der Waals surface area contributed by atoms with Crippen LogP contribution in [0.15, 0.2) is 29.4 Å². The summed E-state index contributed by atoms with van der Waals surface area (Å²) >= 11 is 10.6. The topological polar surface area (TPSA) is 36.4 Å². The van der Waals surface area contributed by atoms with Crippen LogP contribution < -0.4 is 10.7 Å². The van der Waals surface area contributed by atoms with Gasteiger partial charge < -0.3 is 5.32 Å². The molecular formula is C9H10ClN3S. The van der Waals surface area contributed by atoms with Crippen molar-refractivity contribution < 1.29 is 0 Å². The fourth-order valence-electron chi connectivity index (χ4n) is 0.808. The number of hydrogen-bond donors (Lipinski definition) is 2. The molecule has 0 saturated heterocycles. The van der Waals surface area contributed by atoms with Crippen LogP contribution in [0.25, 0.3) is 0 Å². The van der Waals surface area contributed by atoms with E-state index >= 15 is 0 Å². The largest absolute Gasteiger partial charge is 0.364 e. The zero-order valence-corrected chi connectivity index (χ0v) is 9.19. The Hall–Kier alpha value is -1.13. The molecule has 0 radical (unpaired) electrons. The summed E-state index contributed by atoms with van der Waals surface area (Å²) in [7, 11) is 1.73. The van der Waals surface area contributed by atoms with Crippen LogP contribution >= 0.6 is 23.8 Å². The van der Waals surface area contributed by atoms with Gasteiger partial charge >= 0.3 is 0 Å². The van der Waals surface area contributed by atoms with Gasteiger partial charge in [0.05, 0.1) is 6.21 Å². The first-order chi connectivity index (χ1) is 6.72. The lowest BCUT2D eigenvalue weighted by atomic mass is 10.2. The van der Waals surface area contributed by atoms with E-state index in [4.69, 9.17) is 23.8 Å². The summed E-state index contributed by atoms with van der Waals surface area (Å²) < 4.78 is 0. The Kier molecular flexibility index (Phi) is 4.35. The second kappa shape index (κ2) is 5.57. The molecule has 0 aliphatic heterocycles. The Morgan fingerprint density at radius 3 is 3.00 bits per heavy atom. The minimum absolute atomic E-state index is 0.475. The minimum atomic E-state index is 0.475. The van der Waals surface area contributed by atoms with E-state index in [-0.39, 0.29) is 0 Å². The highest BCUT2D eigenvalue weighted by molar-refractivity contribution is 7.80. The van der Waals surface area contributed by atoms with Crippen LogP contribution in [0, 0.1) is 0 Å². The van der Waals surface area contributed by atoms with Crippen molar-refractivity contribution in [2.75, 3.05) is 7.05 Å². The summed E-state index contributed by atoms with van der Waals surface area (Å²) in [4.78, 5) is 0. The maximum absolute atomic E-state index is 5.79. The summed E-state index contributed by atoms with van der Waals surface area (Å²) in [5.74, 6) is 0. The number of rotatable bonds is 2. The van der Waals surface area contributed by atoms with E-state index in [9.17, 15) is 0 Å². The third-order valence-corrected chi connectivity index (χ3v) is 1.99. The van der Waals surface area contributed by atoms with E-state index in [0.29, 0.717) is 10.1 Å². The van der Waals surface area contributed by atoms with Crippen LogP contribution in [0.1, 0.15) is 5.56 Å². The Morgan fingerprint density at radius 2 is 2.36 bits per heavy atom. The molecule has 74 valence electrons. The first-order valence-electron chi connectivity index (χ1n) is 3.98. The maximum Gasteiger partial charge on any atom is 0.186 e. The summed E-state index contributed by atoms with van der Waals surface area (Å²) in [6.45, 7) is 0. The molecule has 0 heterocycles. The molecule has 0 aliphatic rings. The highest BCUT2D eigenvalue weighted by Crippen LogP contribution is 2.08. The molecule has 0 fully saturated rings. The van der Waals surface area contributed by atoms with E-state index < -0.39 is 0 Å². The number of thiocarbonyl (C=S) groups is 1. The SMILES string of the molecule is CNC(=S)N/N=C\c1cccc(Cl)c1. The quantitative estimate of drug-likeness (QED) is 0.459. The number of hydrazone groups is 1. The van der Waals surface area contributed by atoms with Crippen molar-refractivity contribution in [3.63, 3.8) is 0 Å². The van der Waals surface area contributed by atoms with Gasteiger partial charge in [-0.05, 0) is 29.9 Å². The number of nitrogens with zero attached hydrogens (tertiary/aromatic N) is 1. The van der Waals surface area contributed by atoms with Crippen molar-refractivity contribution >= 4 is 35.1 Å². The Labute approximate surface area is 93.2 Å². The second-order valence-corrected chi connectivity index (χ2v) is 3.35. The van der Waals surface area contributed by atoms with Crippen LogP contribution in [-0.4, -0.2) is 18.4 Å². The van der Waals surface area contributed by atoms with Gasteiger partial charge in [-0.1, -0.05) is 23.7 Å². The first kappa shape index (κ1) is 10.9. The fourth-order valence-corrected chi connectivity index (χ4v) is 1.06. The predicted molar refractivity (Wildman–Crippen MR) is 63.8 cm³/mol. The van der Waals surface area contributed by atoms with Crippen molar-refractivity contribution in [1.29, 1.82) is 0 Å². The smallest absolute Gasteiger partial charge is 0.186 e. The van der Waals surface area contributed by atoms with Crippen molar-refractivity contribution in [1.82, 2.24) is 10.7 Å². The molecule has 2 N–H and O–H groups in total. The molecule has 1 rings (SSSR count). The Bertz CT molecular complexity index is 352. The van der Waals surface area contributed by atoms with Gasteiger partial charge in [0.1, 0.15) is 0 Å². The number of halogens is 1. The molecule has 0 amide bonds. The normalized spacial score (nSPS) is 10.1. The number of benzene rings is 1. The molecule has 0 spiro atoms. The Balaban J connectivity index is 2.56. The molecule has 0 aliphatic carbocycles. The van der Waals surface area contributed by atoms with Crippen LogP contribution in [0.2, 0.25) is 5.02 Å². The third kappa shape index (κ3) is 3.72. The standard InChI is InChI=1S/C9H10ClN3S/c1-11-9(14)13-12-6-7-3-2-4-8(10)5-7/h2-6H,1H3,(H2,11,13,14)/b12-6-. The fraction of sp³-hybridized carbons (Fsp3) is 0.111. The molecule has 0 bridgehead atoms. The van der Waals surface area contributed by atoms with Gasteiger partial charge in [0, 0.05) is 12.1 Å². The molecule has 14 heavy (non-hydrogen) atoms. The average Bonchev–Trinajstić information content (AvgIpc) is 2.17. The molecule has 1 aromatic carbocycles. The van der Waals surface area contributed by atoms with E-state index in [2.05, 4.69) is 15.8 Å². The lowest BCUT2D eigenvalue weighted by Crippen LogP contribution is -2.28. The van der Waals surface area contributed by atoms with Crippen LogP contribution in [0.5, 0.6) is 0 Å². The molecule has 5 heteroatoms. The lowest BCUT2D eigenvalue weighted by Gasteiger charge is -1.99. The van der Waals surface area contributed by atoms with Crippen molar-refractivity contribution in [2.45, 2.75) is 0 Å². The maximum atomic E-state index is 5.79. The van der Waals surface area contributed by atoms with Gasteiger partial charge in [-0.15, -0.1) is 0 Å². The van der Waals surface area contributed by atoms with Gasteiger partial charge in [0.2, 0.25) is 0 Å².